The van der Waals surface area contributed by atoms with E-state index in [1.807, 2.05) is 35.2 Å². The highest BCUT2D eigenvalue weighted by Crippen LogP contribution is 2.22. The Morgan fingerprint density at radius 1 is 1.19 bits per heavy atom. The summed E-state index contributed by atoms with van der Waals surface area (Å²) in [6, 6.07) is 13.6. The van der Waals surface area contributed by atoms with Gasteiger partial charge >= 0.3 is 5.97 Å². The molecule has 0 spiro atoms. The second-order valence-corrected chi connectivity index (χ2v) is 5.04. The Morgan fingerprint density at radius 2 is 1.90 bits per heavy atom. The van der Waals surface area contributed by atoms with E-state index < -0.39 is 5.97 Å². The maximum atomic E-state index is 13.3. The molecule has 21 heavy (non-hydrogen) atoms. The lowest BCUT2D eigenvalue weighted by Gasteiger charge is -2.24. The number of halogens is 2. The first kappa shape index (κ1) is 15.3. The Balaban J connectivity index is 2.23. The Morgan fingerprint density at radius 3 is 2.57 bits per heavy atom. The largest absolute Gasteiger partial charge is 0.481 e. The molecule has 0 saturated carbocycles. The molecule has 2 aromatic carbocycles. The van der Waals surface area contributed by atoms with Crippen LogP contribution < -0.4 is 4.90 Å². The third-order valence-electron chi connectivity index (χ3n) is 3.09. The van der Waals surface area contributed by atoms with Gasteiger partial charge in [0.1, 0.15) is 5.82 Å². The molecule has 0 aliphatic heterocycles. The molecule has 0 bridgehead atoms. The van der Waals surface area contributed by atoms with Gasteiger partial charge in [0.2, 0.25) is 0 Å². The van der Waals surface area contributed by atoms with Gasteiger partial charge in [0.25, 0.3) is 0 Å². The van der Waals surface area contributed by atoms with Crippen LogP contribution in [-0.4, -0.2) is 17.6 Å². The minimum absolute atomic E-state index is 0.00181. The van der Waals surface area contributed by atoms with E-state index in [4.69, 9.17) is 16.7 Å². The minimum atomic E-state index is -0.874. The Labute approximate surface area is 127 Å². The number of para-hydroxylation sites is 1. The maximum absolute atomic E-state index is 13.3. The topological polar surface area (TPSA) is 40.5 Å². The van der Waals surface area contributed by atoms with Crippen molar-refractivity contribution >= 4 is 23.3 Å². The molecule has 0 saturated heterocycles. The van der Waals surface area contributed by atoms with Gasteiger partial charge < -0.3 is 10.0 Å². The van der Waals surface area contributed by atoms with Gasteiger partial charge in [-0.25, -0.2) is 4.39 Å². The predicted molar refractivity (Wildman–Crippen MR) is 81.2 cm³/mol. The van der Waals surface area contributed by atoms with E-state index in [0.29, 0.717) is 23.7 Å². The highest BCUT2D eigenvalue weighted by Gasteiger charge is 2.12. The lowest BCUT2D eigenvalue weighted by atomic mass is 10.1. The average Bonchev–Trinajstić information content (AvgIpc) is 2.47. The van der Waals surface area contributed by atoms with Crippen molar-refractivity contribution in [1.29, 1.82) is 0 Å². The van der Waals surface area contributed by atoms with Crippen LogP contribution in [0.4, 0.5) is 10.1 Å². The van der Waals surface area contributed by atoms with Gasteiger partial charge in [-0.2, -0.15) is 0 Å². The van der Waals surface area contributed by atoms with Crippen LogP contribution in [0.1, 0.15) is 12.0 Å². The summed E-state index contributed by atoms with van der Waals surface area (Å²) in [5.74, 6) is -1.23. The summed E-state index contributed by atoms with van der Waals surface area (Å²) in [6.45, 7) is 0.681. The molecule has 0 fully saturated rings. The van der Waals surface area contributed by atoms with Crippen LogP contribution in [-0.2, 0) is 11.3 Å². The van der Waals surface area contributed by atoms with Crippen molar-refractivity contribution < 1.29 is 14.3 Å². The minimum Gasteiger partial charge on any atom is -0.481 e. The molecule has 0 aromatic heterocycles. The van der Waals surface area contributed by atoms with Crippen molar-refractivity contribution in [2.75, 3.05) is 11.4 Å². The van der Waals surface area contributed by atoms with Crippen molar-refractivity contribution in [3.8, 4) is 0 Å². The number of hydrogen-bond donors (Lipinski definition) is 1. The van der Waals surface area contributed by atoms with E-state index in [2.05, 4.69) is 0 Å². The lowest BCUT2D eigenvalue weighted by Crippen LogP contribution is -2.25. The van der Waals surface area contributed by atoms with Crippen LogP contribution in [0.3, 0.4) is 0 Å². The summed E-state index contributed by atoms with van der Waals surface area (Å²) >= 11 is 6.08. The number of carboxylic acids is 1. The fourth-order valence-electron chi connectivity index (χ4n) is 2.04. The van der Waals surface area contributed by atoms with E-state index >= 15 is 0 Å². The summed E-state index contributed by atoms with van der Waals surface area (Å²) in [6.07, 6.45) is 0.00181. The molecule has 3 nitrogen and oxygen atoms in total. The van der Waals surface area contributed by atoms with Crippen LogP contribution in [0, 0.1) is 5.82 Å². The van der Waals surface area contributed by atoms with Crippen molar-refractivity contribution in [3.05, 3.63) is 64.9 Å². The van der Waals surface area contributed by atoms with E-state index in [1.54, 1.807) is 0 Å². The van der Waals surface area contributed by atoms with Gasteiger partial charge in [-0.05, 0) is 35.9 Å². The first-order valence-electron chi connectivity index (χ1n) is 6.52. The second kappa shape index (κ2) is 7.09. The fraction of sp³-hybridized carbons (Fsp3) is 0.188. The Kier molecular flexibility index (Phi) is 5.17. The molecule has 5 heteroatoms. The molecule has 0 amide bonds. The number of hydrogen-bond acceptors (Lipinski definition) is 2. The summed E-state index contributed by atoms with van der Waals surface area (Å²) in [5, 5.41) is 9.33. The van der Waals surface area contributed by atoms with Crippen LogP contribution >= 0.6 is 11.6 Å². The summed E-state index contributed by atoms with van der Waals surface area (Å²) in [7, 11) is 0. The molecule has 0 heterocycles. The summed E-state index contributed by atoms with van der Waals surface area (Å²) < 4.78 is 13.3. The molecular weight excluding hydrogens is 293 g/mol. The molecule has 1 N–H and O–H groups in total. The number of aliphatic carboxylic acids is 1. The molecule has 110 valence electrons. The van der Waals surface area contributed by atoms with Crippen molar-refractivity contribution in [3.63, 3.8) is 0 Å². The average molecular weight is 308 g/mol. The monoisotopic (exact) mass is 307 g/mol. The highest BCUT2D eigenvalue weighted by molar-refractivity contribution is 6.31. The molecule has 0 aliphatic rings. The molecular formula is C16H15ClFNO2. The highest BCUT2D eigenvalue weighted by atomic mass is 35.5. The van der Waals surface area contributed by atoms with Gasteiger partial charge in [0, 0.05) is 23.8 Å². The second-order valence-electron chi connectivity index (χ2n) is 4.64. The molecule has 2 aromatic rings. The van der Waals surface area contributed by atoms with Gasteiger partial charge in [0.15, 0.2) is 0 Å². The predicted octanol–water partition coefficient (Wildman–Crippen LogP) is 3.96. The molecule has 0 unspecified atom stereocenters. The van der Waals surface area contributed by atoms with E-state index in [1.165, 1.54) is 18.2 Å². The first-order valence-corrected chi connectivity index (χ1v) is 6.90. The Bertz CT molecular complexity index is 619. The number of anilines is 1. The maximum Gasteiger partial charge on any atom is 0.305 e. The van der Waals surface area contributed by atoms with Crippen molar-refractivity contribution in [2.45, 2.75) is 13.0 Å². The van der Waals surface area contributed by atoms with E-state index in [-0.39, 0.29) is 12.2 Å². The number of nitrogens with zero attached hydrogens (tertiary/aromatic N) is 1. The zero-order valence-electron chi connectivity index (χ0n) is 11.3. The summed E-state index contributed by atoms with van der Waals surface area (Å²) in [5.41, 5.74) is 1.50. The normalized spacial score (nSPS) is 10.4. The molecule has 0 atom stereocenters. The van der Waals surface area contributed by atoms with Crippen molar-refractivity contribution in [1.82, 2.24) is 0 Å². The van der Waals surface area contributed by atoms with Gasteiger partial charge in [-0.15, -0.1) is 0 Å². The van der Waals surface area contributed by atoms with Crippen LogP contribution in [0.25, 0.3) is 0 Å². The number of carboxylic acid groups (broad SMARTS) is 1. The zero-order chi connectivity index (χ0) is 15.2. The fourth-order valence-corrected chi connectivity index (χ4v) is 2.22. The number of benzene rings is 2. The van der Waals surface area contributed by atoms with Gasteiger partial charge in [-0.3, -0.25) is 4.79 Å². The van der Waals surface area contributed by atoms with Crippen LogP contribution in [0.15, 0.2) is 48.5 Å². The SMILES string of the molecule is O=C(O)CCN(Cc1cc(F)ccc1Cl)c1ccccc1. The standard InChI is InChI=1S/C16H15ClFNO2/c17-15-7-6-13(18)10-12(15)11-19(9-8-16(20)21)14-4-2-1-3-5-14/h1-7,10H,8-9,11H2,(H,20,21). The first-order chi connectivity index (χ1) is 10.1. The van der Waals surface area contributed by atoms with E-state index in [0.717, 1.165) is 5.69 Å². The van der Waals surface area contributed by atoms with Crippen LogP contribution in [0.2, 0.25) is 5.02 Å². The van der Waals surface area contributed by atoms with Crippen LogP contribution in [0.5, 0.6) is 0 Å². The number of rotatable bonds is 6. The molecule has 0 aliphatic carbocycles. The van der Waals surface area contributed by atoms with Gasteiger partial charge in [0.05, 0.1) is 6.42 Å². The third kappa shape index (κ3) is 4.46. The van der Waals surface area contributed by atoms with Gasteiger partial charge in [-0.1, -0.05) is 29.8 Å². The van der Waals surface area contributed by atoms with Crippen molar-refractivity contribution in [2.24, 2.45) is 0 Å². The smallest absolute Gasteiger partial charge is 0.305 e. The quantitative estimate of drug-likeness (QED) is 0.878. The molecule has 0 radical (unpaired) electrons. The Hall–Kier alpha value is -2.07. The lowest BCUT2D eigenvalue weighted by molar-refractivity contribution is -0.136. The number of carbonyl (C=O) groups is 1. The molecule has 2 rings (SSSR count). The summed E-state index contributed by atoms with van der Waals surface area (Å²) in [4.78, 5) is 12.7. The third-order valence-corrected chi connectivity index (χ3v) is 3.45. The van der Waals surface area contributed by atoms with E-state index in [9.17, 15) is 9.18 Å². The zero-order valence-corrected chi connectivity index (χ0v) is 12.1.